The summed E-state index contributed by atoms with van der Waals surface area (Å²) in [5.74, 6) is -0.178. The van der Waals surface area contributed by atoms with Crippen LogP contribution in [0.4, 0.5) is 5.69 Å². The number of aryl methyl sites for hydroxylation is 1. The fourth-order valence-corrected chi connectivity index (χ4v) is 2.49. The molecule has 2 aromatic rings. The molecule has 0 saturated heterocycles. The Morgan fingerprint density at radius 2 is 2.24 bits per heavy atom. The summed E-state index contributed by atoms with van der Waals surface area (Å²) in [6.45, 7) is 1.77. The van der Waals surface area contributed by atoms with Crippen molar-refractivity contribution in [2.24, 2.45) is 0 Å². The van der Waals surface area contributed by atoms with Crippen LogP contribution < -0.4 is 5.69 Å². The first-order chi connectivity index (χ1) is 9.97. The van der Waals surface area contributed by atoms with Crippen LogP contribution >= 0.6 is 11.8 Å². The maximum atomic E-state index is 12.0. The number of H-pyrrole nitrogens is 1. The molecule has 108 valence electrons. The number of Topliss-reactive ketones (excluding diaryl/α,β-unsaturated/α-hetero) is 1. The number of non-ortho nitro benzene ring substituents is 1. The SMILES string of the molecule is Cc1cnc(=O)[nH]c1SCC(=O)c1cccc([N+](=O)[O-])c1. The zero-order chi connectivity index (χ0) is 15.4. The molecule has 1 aromatic carbocycles. The van der Waals surface area contributed by atoms with E-state index in [0.29, 0.717) is 5.03 Å². The van der Waals surface area contributed by atoms with Crippen molar-refractivity contribution in [3.8, 4) is 0 Å². The zero-order valence-corrected chi connectivity index (χ0v) is 11.8. The maximum absolute atomic E-state index is 12.0. The first kappa shape index (κ1) is 14.9. The van der Waals surface area contributed by atoms with Crippen LogP contribution in [0.15, 0.2) is 40.3 Å². The minimum absolute atomic E-state index is 0.0714. The Hall–Kier alpha value is -2.48. The van der Waals surface area contributed by atoms with Gasteiger partial charge in [0.1, 0.15) is 0 Å². The molecule has 0 bridgehead atoms. The van der Waals surface area contributed by atoms with E-state index < -0.39 is 10.6 Å². The summed E-state index contributed by atoms with van der Waals surface area (Å²) in [6.07, 6.45) is 1.43. The van der Waals surface area contributed by atoms with Gasteiger partial charge in [0.15, 0.2) is 5.78 Å². The van der Waals surface area contributed by atoms with E-state index in [1.807, 2.05) is 0 Å². The Morgan fingerprint density at radius 1 is 1.48 bits per heavy atom. The number of aromatic amines is 1. The molecule has 0 saturated carbocycles. The number of nitrogens with one attached hydrogen (secondary N) is 1. The highest BCUT2D eigenvalue weighted by atomic mass is 32.2. The van der Waals surface area contributed by atoms with Crippen molar-refractivity contribution in [1.29, 1.82) is 0 Å². The average Bonchev–Trinajstić information content (AvgIpc) is 2.48. The standard InChI is InChI=1S/C13H11N3O4S/c1-8-6-14-13(18)15-12(8)21-7-11(17)9-3-2-4-10(5-9)16(19)20/h2-6H,7H2,1H3,(H,14,15,18). The zero-order valence-electron chi connectivity index (χ0n) is 11.0. The summed E-state index contributed by atoms with van der Waals surface area (Å²) < 4.78 is 0. The number of aromatic nitrogens is 2. The Balaban J connectivity index is 2.11. The van der Waals surface area contributed by atoms with Crippen molar-refractivity contribution in [3.63, 3.8) is 0 Å². The Bertz CT molecular complexity index is 757. The first-order valence-corrected chi connectivity index (χ1v) is 6.92. The van der Waals surface area contributed by atoms with E-state index >= 15 is 0 Å². The summed E-state index contributed by atoms with van der Waals surface area (Å²) in [6, 6.07) is 5.56. The van der Waals surface area contributed by atoms with Gasteiger partial charge in [-0.05, 0) is 12.5 Å². The minimum atomic E-state index is -0.547. The summed E-state index contributed by atoms with van der Waals surface area (Å²) in [7, 11) is 0. The van der Waals surface area contributed by atoms with Crippen LogP contribution in [0.3, 0.4) is 0 Å². The van der Waals surface area contributed by atoms with Crippen LogP contribution in [0, 0.1) is 17.0 Å². The van der Waals surface area contributed by atoms with Gasteiger partial charge in [0, 0.05) is 23.9 Å². The second-order valence-corrected chi connectivity index (χ2v) is 5.21. The molecule has 0 unspecified atom stereocenters. The molecule has 2 rings (SSSR count). The third-order valence-electron chi connectivity index (χ3n) is 2.68. The predicted octanol–water partition coefficient (Wildman–Crippen LogP) is 1.96. The molecule has 0 aliphatic heterocycles. The van der Waals surface area contributed by atoms with Gasteiger partial charge >= 0.3 is 5.69 Å². The third kappa shape index (κ3) is 3.76. The molecule has 1 aromatic heterocycles. The number of nitro benzene ring substituents is 1. The summed E-state index contributed by atoms with van der Waals surface area (Å²) in [5.41, 5.74) is 0.419. The number of hydrogen-bond acceptors (Lipinski definition) is 6. The van der Waals surface area contributed by atoms with E-state index in [4.69, 9.17) is 0 Å². The van der Waals surface area contributed by atoms with Crippen LogP contribution in [0.1, 0.15) is 15.9 Å². The minimum Gasteiger partial charge on any atom is -0.300 e. The fraction of sp³-hybridized carbons (Fsp3) is 0.154. The van der Waals surface area contributed by atoms with Gasteiger partial charge in [0.25, 0.3) is 5.69 Å². The number of hydrogen-bond donors (Lipinski definition) is 1. The lowest BCUT2D eigenvalue weighted by Gasteiger charge is -2.04. The molecule has 0 atom stereocenters. The molecule has 0 aliphatic carbocycles. The summed E-state index contributed by atoms with van der Waals surface area (Å²) in [4.78, 5) is 39.4. The van der Waals surface area contributed by atoms with Gasteiger partial charge in [-0.3, -0.25) is 14.9 Å². The lowest BCUT2D eigenvalue weighted by atomic mass is 10.1. The van der Waals surface area contributed by atoms with Gasteiger partial charge in [-0.2, -0.15) is 0 Å². The van der Waals surface area contributed by atoms with E-state index in [0.717, 1.165) is 17.3 Å². The average molecular weight is 305 g/mol. The monoisotopic (exact) mass is 305 g/mol. The molecule has 0 fully saturated rings. The van der Waals surface area contributed by atoms with Crippen LogP contribution in [0.5, 0.6) is 0 Å². The second-order valence-electron chi connectivity index (χ2n) is 4.22. The molecule has 1 heterocycles. The van der Waals surface area contributed by atoms with Gasteiger partial charge in [0.05, 0.1) is 15.7 Å². The van der Waals surface area contributed by atoms with Crippen LogP contribution in [-0.4, -0.2) is 26.4 Å². The van der Waals surface area contributed by atoms with Crippen LogP contribution in [0.2, 0.25) is 0 Å². The fourth-order valence-electron chi connectivity index (χ4n) is 1.61. The Labute approximate surface area is 123 Å². The molecular weight excluding hydrogens is 294 g/mol. The quantitative estimate of drug-likeness (QED) is 0.297. The largest absolute Gasteiger partial charge is 0.345 e. The van der Waals surface area contributed by atoms with Crippen LogP contribution in [-0.2, 0) is 0 Å². The highest BCUT2D eigenvalue weighted by Crippen LogP contribution is 2.20. The van der Waals surface area contributed by atoms with Crippen molar-refractivity contribution in [3.05, 3.63) is 62.2 Å². The summed E-state index contributed by atoms with van der Waals surface area (Å²) in [5, 5.41) is 11.2. The second kappa shape index (κ2) is 6.31. The van der Waals surface area contributed by atoms with Crippen molar-refractivity contribution in [2.45, 2.75) is 11.9 Å². The number of rotatable bonds is 5. The lowest BCUT2D eigenvalue weighted by Crippen LogP contribution is -2.12. The molecule has 1 N–H and O–H groups in total. The van der Waals surface area contributed by atoms with Crippen molar-refractivity contribution in [1.82, 2.24) is 9.97 Å². The number of ketones is 1. The number of carbonyl (C=O) groups is 1. The van der Waals surface area contributed by atoms with Gasteiger partial charge in [-0.15, -0.1) is 0 Å². The van der Waals surface area contributed by atoms with E-state index in [2.05, 4.69) is 9.97 Å². The molecule has 0 spiro atoms. The Morgan fingerprint density at radius 3 is 2.95 bits per heavy atom. The molecule has 21 heavy (non-hydrogen) atoms. The van der Waals surface area contributed by atoms with Crippen LogP contribution in [0.25, 0.3) is 0 Å². The molecule has 8 heteroatoms. The number of nitro groups is 1. The predicted molar refractivity (Wildman–Crippen MR) is 77.7 cm³/mol. The Kier molecular flexibility index (Phi) is 4.49. The lowest BCUT2D eigenvalue weighted by molar-refractivity contribution is -0.384. The third-order valence-corrected chi connectivity index (χ3v) is 3.80. The topological polar surface area (TPSA) is 106 Å². The summed E-state index contributed by atoms with van der Waals surface area (Å²) >= 11 is 1.16. The van der Waals surface area contributed by atoms with E-state index in [1.165, 1.54) is 30.5 Å². The number of carbonyl (C=O) groups excluding carboxylic acids is 1. The van der Waals surface area contributed by atoms with Crippen molar-refractivity contribution in [2.75, 3.05) is 5.75 Å². The van der Waals surface area contributed by atoms with Gasteiger partial charge < -0.3 is 4.98 Å². The van der Waals surface area contributed by atoms with Gasteiger partial charge in [-0.1, -0.05) is 23.9 Å². The van der Waals surface area contributed by atoms with E-state index in [9.17, 15) is 19.7 Å². The van der Waals surface area contributed by atoms with E-state index in [-0.39, 0.29) is 22.8 Å². The molecule has 0 aliphatic rings. The first-order valence-electron chi connectivity index (χ1n) is 5.94. The van der Waals surface area contributed by atoms with Gasteiger partial charge in [-0.25, -0.2) is 9.78 Å². The van der Waals surface area contributed by atoms with Crippen molar-refractivity contribution < 1.29 is 9.72 Å². The van der Waals surface area contributed by atoms with E-state index in [1.54, 1.807) is 6.92 Å². The molecule has 0 radical (unpaired) electrons. The molecule has 7 nitrogen and oxygen atoms in total. The highest BCUT2D eigenvalue weighted by molar-refractivity contribution is 8.00. The maximum Gasteiger partial charge on any atom is 0.345 e. The molecular formula is C13H11N3O4S. The van der Waals surface area contributed by atoms with Gasteiger partial charge in [0.2, 0.25) is 0 Å². The highest BCUT2D eigenvalue weighted by Gasteiger charge is 2.12. The normalized spacial score (nSPS) is 10.3. The van der Waals surface area contributed by atoms with Crippen molar-refractivity contribution >= 4 is 23.2 Å². The molecule has 0 amide bonds. The number of thioether (sulfide) groups is 1. The smallest absolute Gasteiger partial charge is 0.300 e. The number of benzene rings is 1. The number of nitrogens with zero attached hydrogens (tertiary/aromatic N) is 2.